The van der Waals surface area contributed by atoms with E-state index in [9.17, 15) is 9.59 Å². The minimum atomic E-state index is -0.537. The lowest BCUT2D eigenvalue weighted by molar-refractivity contribution is -0.117. The van der Waals surface area contributed by atoms with E-state index < -0.39 is 6.09 Å². The second-order valence-corrected chi connectivity index (χ2v) is 9.61. The van der Waals surface area contributed by atoms with Gasteiger partial charge in [-0.2, -0.15) is 4.68 Å². The molecule has 40 heavy (non-hydrogen) atoms. The molecule has 4 N–H and O–H groups in total. The van der Waals surface area contributed by atoms with E-state index in [1.165, 1.54) is 24.2 Å². The van der Waals surface area contributed by atoms with Gasteiger partial charge in [-0.15, -0.1) is 5.10 Å². The predicted molar refractivity (Wildman–Crippen MR) is 151 cm³/mol. The van der Waals surface area contributed by atoms with Gasteiger partial charge in [0.15, 0.2) is 0 Å². The summed E-state index contributed by atoms with van der Waals surface area (Å²) in [5.74, 6) is 0.399. The Bertz CT molecular complexity index is 1520. The molecule has 12 nitrogen and oxygen atoms in total. The van der Waals surface area contributed by atoms with Crippen LogP contribution in [0.5, 0.6) is 0 Å². The largest absolute Gasteiger partial charge is 0.453 e. The van der Waals surface area contributed by atoms with Gasteiger partial charge in [0, 0.05) is 46.3 Å². The fourth-order valence-electron chi connectivity index (χ4n) is 4.49. The predicted octanol–water partition coefficient (Wildman–Crippen LogP) is 4.74. The zero-order chi connectivity index (χ0) is 27.9. The number of tetrazole rings is 1. The highest BCUT2D eigenvalue weighted by Crippen LogP contribution is 2.32. The molecule has 0 radical (unpaired) electrons. The third-order valence-corrected chi connectivity index (χ3v) is 6.69. The van der Waals surface area contributed by atoms with Crippen LogP contribution in [0.4, 0.5) is 16.2 Å². The molecule has 0 fully saturated rings. The van der Waals surface area contributed by atoms with Gasteiger partial charge in [-0.25, -0.2) is 9.78 Å². The number of aromatic amines is 1. The summed E-state index contributed by atoms with van der Waals surface area (Å²) < 4.78 is 6.21. The first-order valence-electron chi connectivity index (χ1n) is 12.8. The van der Waals surface area contributed by atoms with Crippen LogP contribution in [0.3, 0.4) is 0 Å². The molecular formula is C27H28ClN9O3. The third kappa shape index (κ3) is 6.46. The van der Waals surface area contributed by atoms with Gasteiger partial charge in [-0.05, 0) is 65.7 Å². The summed E-state index contributed by atoms with van der Waals surface area (Å²) in [5.41, 5.74) is 4.44. The number of halogens is 1. The Labute approximate surface area is 235 Å². The zero-order valence-electron chi connectivity index (χ0n) is 21.7. The minimum absolute atomic E-state index is 0.265. The molecule has 1 unspecified atom stereocenters. The van der Waals surface area contributed by atoms with E-state index in [-0.39, 0.29) is 11.9 Å². The van der Waals surface area contributed by atoms with Crippen molar-refractivity contribution in [3.05, 3.63) is 71.4 Å². The summed E-state index contributed by atoms with van der Waals surface area (Å²) in [6.45, 7) is 0.759. The quantitative estimate of drug-likeness (QED) is 0.255. The highest BCUT2D eigenvalue weighted by molar-refractivity contribution is 6.30. The first-order chi connectivity index (χ1) is 19.5. The van der Waals surface area contributed by atoms with Crippen LogP contribution < -0.4 is 16.0 Å². The Morgan fingerprint density at radius 1 is 1.18 bits per heavy atom. The van der Waals surface area contributed by atoms with Gasteiger partial charge in [0.2, 0.25) is 5.91 Å². The van der Waals surface area contributed by atoms with Crippen molar-refractivity contribution >= 4 is 41.1 Å². The van der Waals surface area contributed by atoms with Crippen molar-refractivity contribution in [3.8, 4) is 16.9 Å². The summed E-state index contributed by atoms with van der Waals surface area (Å²) in [6, 6.07) is 10.5. The van der Waals surface area contributed by atoms with E-state index in [1.807, 2.05) is 18.3 Å². The molecule has 1 atom stereocenters. The van der Waals surface area contributed by atoms with Crippen LogP contribution in [0.15, 0.2) is 55.0 Å². The van der Waals surface area contributed by atoms with Crippen molar-refractivity contribution in [1.82, 2.24) is 35.5 Å². The molecule has 0 saturated carbocycles. The van der Waals surface area contributed by atoms with Crippen LogP contribution in [-0.2, 0) is 9.53 Å². The number of methoxy groups -OCH3 is 1. The fraction of sp³-hybridized carbons (Fsp3) is 0.259. The van der Waals surface area contributed by atoms with Crippen molar-refractivity contribution in [3.63, 3.8) is 0 Å². The number of amides is 2. The molecule has 0 saturated heterocycles. The number of nitrogens with one attached hydrogen (secondary N) is 4. The van der Waals surface area contributed by atoms with E-state index in [4.69, 9.17) is 21.3 Å². The average Bonchev–Trinajstić information content (AvgIpc) is 3.66. The highest BCUT2D eigenvalue weighted by Gasteiger charge is 2.20. The molecule has 206 valence electrons. The zero-order valence-corrected chi connectivity index (χ0v) is 22.5. The number of imidazole rings is 1. The summed E-state index contributed by atoms with van der Waals surface area (Å²) >= 11 is 6.20. The van der Waals surface area contributed by atoms with Gasteiger partial charge in [-0.1, -0.05) is 24.4 Å². The number of carbonyl (C=O) groups is 2. The summed E-state index contributed by atoms with van der Waals surface area (Å²) in [7, 11) is 1.32. The van der Waals surface area contributed by atoms with Crippen LogP contribution in [0.25, 0.3) is 23.0 Å². The van der Waals surface area contributed by atoms with Crippen molar-refractivity contribution < 1.29 is 14.3 Å². The van der Waals surface area contributed by atoms with Gasteiger partial charge in [0.1, 0.15) is 12.2 Å². The molecule has 1 aliphatic heterocycles. The molecule has 4 aromatic rings. The van der Waals surface area contributed by atoms with Crippen LogP contribution in [0, 0.1) is 0 Å². The fourth-order valence-corrected chi connectivity index (χ4v) is 4.67. The van der Waals surface area contributed by atoms with Gasteiger partial charge in [0.05, 0.1) is 24.5 Å². The Morgan fingerprint density at radius 3 is 2.90 bits per heavy atom. The van der Waals surface area contributed by atoms with E-state index in [1.54, 1.807) is 30.3 Å². The lowest BCUT2D eigenvalue weighted by Crippen LogP contribution is -2.27. The summed E-state index contributed by atoms with van der Waals surface area (Å²) in [5, 5.41) is 21.1. The standard InChI is InChI=1S/C27H28ClN9O3/c1-40-27(39)32-19-8-9-20-22(14-19)29-12-4-2-3-5-21(26-30-15-23(20)34-26)33-25(38)11-6-17-13-18(28)7-10-24(17)37-16-31-35-36-37/h6-11,13-16,21,29H,2-5,12H2,1H3,(H,30,34)(H,32,39)(H,33,38)/b11-6+. The lowest BCUT2D eigenvalue weighted by atomic mass is 10.1. The number of aromatic nitrogens is 6. The second-order valence-electron chi connectivity index (χ2n) is 9.18. The molecule has 5 rings (SSSR count). The topological polar surface area (TPSA) is 152 Å². The van der Waals surface area contributed by atoms with E-state index >= 15 is 0 Å². The maximum atomic E-state index is 13.0. The number of H-pyrrole nitrogens is 1. The number of benzene rings is 2. The molecule has 2 amide bonds. The van der Waals surface area contributed by atoms with Crippen molar-refractivity contribution in [2.45, 2.75) is 31.7 Å². The average molecular weight is 562 g/mol. The van der Waals surface area contributed by atoms with E-state index in [0.717, 1.165) is 49.2 Å². The Morgan fingerprint density at radius 2 is 2.08 bits per heavy atom. The SMILES string of the molecule is COC(=O)Nc1ccc2c(c1)NCCCCCC(NC(=O)/C=C/c1cc(Cl)ccc1-n1cnnn1)c1nc-2c[nH]1. The maximum absolute atomic E-state index is 13.0. The first-order valence-corrected chi connectivity index (χ1v) is 13.2. The van der Waals surface area contributed by atoms with Crippen molar-refractivity contribution in [2.24, 2.45) is 0 Å². The number of anilines is 2. The molecule has 2 bridgehead atoms. The van der Waals surface area contributed by atoms with Gasteiger partial charge < -0.3 is 20.4 Å². The van der Waals surface area contributed by atoms with E-state index in [0.29, 0.717) is 27.8 Å². The molecule has 0 aliphatic carbocycles. The number of ether oxygens (including phenoxy) is 1. The molecule has 1 aliphatic rings. The Hall–Kier alpha value is -4.71. The highest BCUT2D eigenvalue weighted by atomic mass is 35.5. The maximum Gasteiger partial charge on any atom is 0.411 e. The number of hydrogen-bond acceptors (Lipinski definition) is 8. The molecule has 0 spiro atoms. The van der Waals surface area contributed by atoms with Crippen LogP contribution >= 0.6 is 11.6 Å². The molecule has 13 heteroatoms. The number of rotatable bonds is 5. The number of hydrogen-bond donors (Lipinski definition) is 4. The Balaban J connectivity index is 1.36. The monoisotopic (exact) mass is 561 g/mol. The molecule has 2 aromatic heterocycles. The first kappa shape index (κ1) is 26.9. The molecule has 3 heterocycles. The van der Waals surface area contributed by atoms with E-state index in [2.05, 4.69) is 36.5 Å². The van der Waals surface area contributed by atoms with Crippen LogP contribution in [-0.4, -0.2) is 55.8 Å². The lowest BCUT2D eigenvalue weighted by Gasteiger charge is -2.17. The van der Waals surface area contributed by atoms with Gasteiger partial charge >= 0.3 is 6.09 Å². The number of fused-ring (bicyclic) bond motifs is 4. The molecule has 2 aromatic carbocycles. The van der Waals surface area contributed by atoms with Gasteiger partial charge in [0.25, 0.3) is 0 Å². The van der Waals surface area contributed by atoms with Crippen LogP contribution in [0.2, 0.25) is 5.02 Å². The normalized spacial score (nSPS) is 15.3. The van der Waals surface area contributed by atoms with Crippen LogP contribution in [0.1, 0.15) is 43.1 Å². The molecular weight excluding hydrogens is 534 g/mol. The number of carbonyl (C=O) groups excluding carboxylic acids is 2. The van der Waals surface area contributed by atoms with Crippen molar-refractivity contribution in [2.75, 3.05) is 24.3 Å². The minimum Gasteiger partial charge on any atom is -0.453 e. The van der Waals surface area contributed by atoms with Crippen molar-refractivity contribution in [1.29, 1.82) is 0 Å². The summed E-state index contributed by atoms with van der Waals surface area (Å²) in [4.78, 5) is 32.8. The van der Waals surface area contributed by atoms with Gasteiger partial charge in [-0.3, -0.25) is 10.1 Å². The third-order valence-electron chi connectivity index (χ3n) is 6.46. The summed E-state index contributed by atoms with van der Waals surface area (Å²) in [6.07, 6.45) is 9.46. The number of nitrogens with zero attached hydrogens (tertiary/aromatic N) is 5. The smallest absolute Gasteiger partial charge is 0.411 e. The second kappa shape index (κ2) is 12.4. The Kier molecular flexibility index (Phi) is 8.35.